The molecule has 0 unspecified atom stereocenters. The quantitative estimate of drug-likeness (QED) is 0.627. The predicted molar refractivity (Wildman–Crippen MR) is 85.2 cm³/mol. The monoisotopic (exact) mass is 310 g/mol. The van der Waals surface area contributed by atoms with Gasteiger partial charge in [-0.25, -0.2) is 4.79 Å². The number of ether oxygens (including phenoxy) is 1. The topological polar surface area (TPSA) is 30.2 Å². The van der Waals surface area contributed by atoms with Crippen LogP contribution in [0.4, 0.5) is 0 Å². The van der Waals surface area contributed by atoms with Gasteiger partial charge in [0.05, 0.1) is 4.88 Å². The zero-order chi connectivity index (χ0) is 15.6. The smallest absolute Gasteiger partial charge is 0.373 e. The Morgan fingerprint density at radius 2 is 2.14 bits per heavy atom. The molecule has 4 heteroatoms. The first-order chi connectivity index (χ1) is 9.88. The summed E-state index contributed by atoms with van der Waals surface area (Å²) in [7, 11) is 0. The number of hydrogen-bond acceptors (Lipinski definition) is 3. The lowest BCUT2D eigenvalue weighted by atomic mass is 9.75. The van der Waals surface area contributed by atoms with Gasteiger partial charge >= 0.3 is 5.97 Å². The number of carbonyl (C=O) groups excluding carboxylic acids is 1. The highest BCUT2D eigenvalue weighted by atomic mass is 32.1. The first-order valence-electron chi connectivity index (χ1n) is 8.02. The number of hydrogen-bond donors (Lipinski definition) is 0. The fourth-order valence-corrected chi connectivity index (χ4v) is 4.07. The summed E-state index contributed by atoms with van der Waals surface area (Å²) < 4.78 is 7.85. The molecule has 1 aromatic rings. The first kappa shape index (κ1) is 16.5. The van der Waals surface area contributed by atoms with Gasteiger partial charge in [0.1, 0.15) is 6.10 Å². The Morgan fingerprint density at radius 3 is 2.71 bits per heavy atom. The predicted octanol–water partition coefficient (Wildman–Crippen LogP) is 3.66. The number of esters is 1. The van der Waals surface area contributed by atoms with E-state index >= 15 is 0 Å². The number of rotatable bonds is 4. The maximum atomic E-state index is 12.3. The lowest BCUT2D eigenvalue weighted by Gasteiger charge is -2.36. The van der Waals surface area contributed by atoms with E-state index < -0.39 is 0 Å². The van der Waals surface area contributed by atoms with Crippen molar-refractivity contribution < 1.29 is 14.1 Å². The minimum Gasteiger partial charge on any atom is -0.457 e. The Hall–Kier alpha value is -0.900. The standard InChI is InChI=1S/C17H28NO2S/c1-11(2)15-7-6-12(3)8-16(15)20-17(19)9-18-10-21-14(5)13(18)4/h10-12,15-16H,6-9H2,1-5H3/q+1/t12-,15+,16+/m0/s1. The van der Waals surface area contributed by atoms with Crippen LogP contribution in [0.5, 0.6) is 0 Å². The average Bonchev–Trinajstić information content (AvgIpc) is 2.70. The third-order valence-electron chi connectivity index (χ3n) is 4.84. The van der Waals surface area contributed by atoms with Gasteiger partial charge in [0, 0.05) is 6.92 Å². The van der Waals surface area contributed by atoms with Crippen molar-refractivity contribution in [3.63, 3.8) is 0 Å². The van der Waals surface area contributed by atoms with Gasteiger partial charge in [-0.2, -0.15) is 4.57 Å². The molecule has 118 valence electrons. The van der Waals surface area contributed by atoms with Crippen molar-refractivity contribution in [3.05, 3.63) is 16.1 Å². The van der Waals surface area contributed by atoms with E-state index in [9.17, 15) is 4.79 Å². The molecule has 1 heterocycles. The van der Waals surface area contributed by atoms with Gasteiger partial charge in [-0.3, -0.25) is 0 Å². The molecule has 0 aliphatic heterocycles. The molecule has 3 atom stereocenters. The van der Waals surface area contributed by atoms with E-state index in [0.717, 1.165) is 12.1 Å². The number of nitrogens with zero attached hydrogens (tertiary/aromatic N) is 1. The molecule has 1 aliphatic carbocycles. The molecule has 0 aromatic carbocycles. The Balaban J connectivity index is 1.98. The Morgan fingerprint density at radius 1 is 1.43 bits per heavy atom. The van der Waals surface area contributed by atoms with E-state index in [0.29, 0.717) is 24.3 Å². The van der Waals surface area contributed by atoms with Crippen LogP contribution in [-0.4, -0.2) is 12.1 Å². The zero-order valence-electron chi connectivity index (χ0n) is 13.9. The zero-order valence-corrected chi connectivity index (χ0v) is 14.7. The Labute approximate surface area is 132 Å². The molecule has 2 rings (SSSR count). The SMILES string of the molecule is Cc1sc[n+](CC(=O)O[C@@H]2C[C@@H](C)CC[C@@H]2C(C)C)c1C. The molecular formula is C17H28NO2S+. The highest BCUT2D eigenvalue weighted by molar-refractivity contribution is 7.09. The minimum absolute atomic E-state index is 0.0920. The second-order valence-corrected chi connectivity index (χ2v) is 7.91. The van der Waals surface area contributed by atoms with Gasteiger partial charge in [0.25, 0.3) is 0 Å². The van der Waals surface area contributed by atoms with Gasteiger partial charge in [-0.15, -0.1) is 0 Å². The van der Waals surface area contributed by atoms with Gasteiger partial charge in [-0.05, 0) is 37.5 Å². The van der Waals surface area contributed by atoms with Crippen LogP contribution in [0.2, 0.25) is 0 Å². The first-order valence-corrected chi connectivity index (χ1v) is 8.90. The Kier molecular flexibility index (Phi) is 5.42. The fourth-order valence-electron chi connectivity index (χ4n) is 3.26. The number of thiazole rings is 1. The molecule has 0 amide bonds. The lowest BCUT2D eigenvalue weighted by molar-refractivity contribution is -0.687. The van der Waals surface area contributed by atoms with E-state index in [1.165, 1.54) is 17.7 Å². The van der Waals surface area contributed by atoms with Crippen molar-refractivity contribution in [2.45, 2.75) is 66.5 Å². The van der Waals surface area contributed by atoms with Crippen LogP contribution in [0.1, 0.15) is 50.6 Å². The molecule has 0 bridgehead atoms. The maximum Gasteiger partial charge on any atom is 0.373 e. The number of carbonyl (C=O) groups is 1. The summed E-state index contributed by atoms with van der Waals surface area (Å²) in [5.41, 5.74) is 3.17. The van der Waals surface area contributed by atoms with Gasteiger partial charge in [0.15, 0.2) is 5.69 Å². The van der Waals surface area contributed by atoms with E-state index in [2.05, 4.69) is 34.6 Å². The van der Waals surface area contributed by atoms with E-state index in [-0.39, 0.29) is 12.1 Å². The number of aromatic nitrogens is 1. The number of aryl methyl sites for hydroxylation is 1. The highest BCUT2D eigenvalue weighted by Crippen LogP contribution is 2.35. The molecule has 21 heavy (non-hydrogen) atoms. The van der Waals surface area contributed by atoms with Crippen LogP contribution in [0, 0.1) is 31.6 Å². The second kappa shape index (κ2) is 6.91. The normalized spacial score (nSPS) is 26.1. The fraction of sp³-hybridized carbons (Fsp3) is 0.765. The van der Waals surface area contributed by atoms with Crippen molar-refractivity contribution in [2.24, 2.45) is 17.8 Å². The second-order valence-electron chi connectivity index (χ2n) is 6.85. The van der Waals surface area contributed by atoms with Crippen LogP contribution in [0.25, 0.3) is 0 Å². The summed E-state index contributed by atoms with van der Waals surface area (Å²) in [4.78, 5) is 13.5. The van der Waals surface area contributed by atoms with Crippen molar-refractivity contribution in [1.82, 2.24) is 0 Å². The molecule has 0 N–H and O–H groups in total. The highest BCUT2D eigenvalue weighted by Gasteiger charge is 2.34. The van der Waals surface area contributed by atoms with Crippen LogP contribution in [0.3, 0.4) is 0 Å². The van der Waals surface area contributed by atoms with Crippen molar-refractivity contribution in [3.8, 4) is 0 Å². The average molecular weight is 310 g/mol. The van der Waals surface area contributed by atoms with Crippen molar-refractivity contribution in [1.29, 1.82) is 0 Å². The molecule has 0 spiro atoms. The van der Waals surface area contributed by atoms with Crippen LogP contribution < -0.4 is 4.57 Å². The molecule has 1 fully saturated rings. The molecule has 3 nitrogen and oxygen atoms in total. The largest absolute Gasteiger partial charge is 0.457 e. The van der Waals surface area contributed by atoms with E-state index in [4.69, 9.17) is 4.74 Å². The lowest BCUT2D eigenvalue weighted by Crippen LogP contribution is -2.43. The molecule has 1 aliphatic rings. The molecule has 0 saturated heterocycles. The molecule has 1 aromatic heterocycles. The summed E-state index contributed by atoms with van der Waals surface area (Å²) in [6.07, 6.45) is 3.55. The third-order valence-corrected chi connectivity index (χ3v) is 5.85. The van der Waals surface area contributed by atoms with Crippen molar-refractivity contribution in [2.75, 3.05) is 0 Å². The van der Waals surface area contributed by atoms with Gasteiger partial charge < -0.3 is 4.74 Å². The van der Waals surface area contributed by atoms with Gasteiger partial charge in [0.2, 0.25) is 12.1 Å². The minimum atomic E-state index is -0.0920. The van der Waals surface area contributed by atoms with Gasteiger partial charge in [-0.1, -0.05) is 38.5 Å². The summed E-state index contributed by atoms with van der Waals surface area (Å²) in [5.74, 6) is 1.66. The van der Waals surface area contributed by atoms with E-state index in [1.807, 2.05) is 10.1 Å². The molecule has 1 saturated carbocycles. The summed E-state index contributed by atoms with van der Waals surface area (Å²) in [5, 5.41) is 0. The Bertz CT molecular complexity index is 495. The van der Waals surface area contributed by atoms with Crippen LogP contribution >= 0.6 is 11.3 Å². The van der Waals surface area contributed by atoms with Crippen LogP contribution in [-0.2, 0) is 16.1 Å². The third kappa shape index (κ3) is 4.06. The van der Waals surface area contributed by atoms with E-state index in [1.54, 1.807) is 11.3 Å². The summed E-state index contributed by atoms with van der Waals surface area (Å²) in [6.45, 7) is 11.2. The molecular weight excluding hydrogens is 282 g/mol. The van der Waals surface area contributed by atoms with Crippen molar-refractivity contribution >= 4 is 17.3 Å². The maximum absolute atomic E-state index is 12.3. The summed E-state index contributed by atoms with van der Waals surface area (Å²) >= 11 is 1.68. The molecule has 0 radical (unpaired) electrons. The summed E-state index contributed by atoms with van der Waals surface area (Å²) in [6, 6.07) is 0. The van der Waals surface area contributed by atoms with Crippen LogP contribution in [0.15, 0.2) is 5.51 Å².